The predicted molar refractivity (Wildman–Crippen MR) is 142 cm³/mol. The van der Waals surface area contributed by atoms with Gasteiger partial charge < -0.3 is 30.4 Å². The molecular weight excluding hydrogens is 490 g/mol. The van der Waals surface area contributed by atoms with Crippen LogP contribution in [0.15, 0.2) is 91.0 Å². The maximum Gasteiger partial charge on any atom is 0.414 e. The summed E-state index contributed by atoms with van der Waals surface area (Å²) >= 11 is 0. The van der Waals surface area contributed by atoms with Gasteiger partial charge in [-0.2, -0.15) is 0 Å². The van der Waals surface area contributed by atoms with Gasteiger partial charge in [-0.05, 0) is 48.0 Å². The molecule has 0 aromatic heterocycles. The summed E-state index contributed by atoms with van der Waals surface area (Å²) in [6.07, 6.45) is -0.364. The molecule has 3 aromatic rings. The molecule has 0 aliphatic heterocycles. The molecule has 3 amide bonds. The van der Waals surface area contributed by atoms with Crippen LogP contribution in [0.3, 0.4) is 0 Å². The Morgan fingerprint density at radius 3 is 2.45 bits per heavy atom. The Bertz CT molecular complexity index is 1260. The quantitative estimate of drug-likeness (QED) is 0.222. The van der Waals surface area contributed by atoms with Crippen LogP contribution in [-0.4, -0.2) is 49.4 Å². The number of anilines is 2. The number of methoxy groups -OCH3 is 1. The Balaban J connectivity index is 1.81. The highest BCUT2D eigenvalue weighted by atomic mass is 16.6. The van der Waals surface area contributed by atoms with Crippen LogP contribution >= 0.6 is 0 Å². The van der Waals surface area contributed by atoms with Gasteiger partial charge in [0.2, 0.25) is 5.91 Å². The molecule has 10 nitrogen and oxygen atoms in total. The van der Waals surface area contributed by atoms with E-state index in [2.05, 4.69) is 10.6 Å². The van der Waals surface area contributed by atoms with E-state index >= 15 is 0 Å². The summed E-state index contributed by atoms with van der Waals surface area (Å²) in [5.41, 5.74) is 7.46. The Morgan fingerprint density at radius 2 is 1.74 bits per heavy atom. The van der Waals surface area contributed by atoms with Crippen LogP contribution in [0.25, 0.3) is 0 Å². The zero-order valence-electron chi connectivity index (χ0n) is 20.7. The second-order valence-electron chi connectivity index (χ2n) is 7.93. The molecule has 5 N–H and O–H groups in total. The van der Waals surface area contributed by atoms with E-state index in [1.165, 1.54) is 19.3 Å². The monoisotopic (exact) mass is 519 g/mol. The van der Waals surface area contributed by atoms with Crippen molar-refractivity contribution in [1.82, 2.24) is 5.32 Å². The van der Waals surface area contributed by atoms with Gasteiger partial charge in [0.25, 0.3) is 5.91 Å². The number of amides is 3. The molecule has 0 aliphatic carbocycles. The lowest BCUT2D eigenvalue weighted by molar-refractivity contribution is -0.112. The van der Waals surface area contributed by atoms with Gasteiger partial charge in [0, 0.05) is 18.7 Å². The average molecular weight is 520 g/mol. The minimum atomic E-state index is -1.08. The number of nitrogens with two attached hydrogens (primary N) is 1. The maximum atomic E-state index is 12.7. The number of aliphatic hydroxyl groups excluding tert-OH is 1. The third-order valence-corrected chi connectivity index (χ3v) is 5.26. The molecule has 198 valence electrons. The number of imide groups is 1. The van der Waals surface area contributed by atoms with E-state index in [-0.39, 0.29) is 18.8 Å². The fourth-order valence-electron chi connectivity index (χ4n) is 3.44. The smallest absolute Gasteiger partial charge is 0.414 e. The molecule has 0 fully saturated rings. The Labute approximate surface area is 220 Å². The minimum Gasteiger partial charge on any atom is -0.491 e. The van der Waals surface area contributed by atoms with Crippen molar-refractivity contribution in [3.8, 4) is 5.75 Å². The summed E-state index contributed by atoms with van der Waals surface area (Å²) in [4.78, 5) is 37.7. The molecule has 0 spiro atoms. The molecule has 0 saturated carbocycles. The van der Waals surface area contributed by atoms with Gasteiger partial charge in [0.1, 0.15) is 18.5 Å². The normalized spacial score (nSPS) is 12.4. The lowest BCUT2D eigenvalue weighted by atomic mass is 10.0. The van der Waals surface area contributed by atoms with Crippen LogP contribution in [-0.2, 0) is 14.3 Å². The number of nitrogen functional groups attached to an aromatic ring is 1. The number of ether oxygens (including phenoxy) is 3. The predicted octanol–water partition coefficient (Wildman–Crippen LogP) is 3.46. The number of hydrogen-bond donors (Lipinski definition) is 4. The van der Waals surface area contributed by atoms with Gasteiger partial charge in [-0.1, -0.05) is 42.5 Å². The second kappa shape index (κ2) is 14.2. The van der Waals surface area contributed by atoms with Crippen LogP contribution in [0.4, 0.5) is 16.2 Å². The van der Waals surface area contributed by atoms with Crippen LogP contribution in [0.5, 0.6) is 5.75 Å². The summed E-state index contributed by atoms with van der Waals surface area (Å²) in [5.74, 6) is -0.701. The Morgan fingerprint density at radius 1 is 1.00 bits per heavy atom. The van der Waals surface area contributed by atoms with E-state index in [1.54, 1.807) is 78.9 Å². The number of hydrogen-bond acceptors (Lipinski definition) is 8. The molecule has 38 heavy (non-hydrogen) atoms. The van der Waals surface area contributed by atoms with E-state index < -0.39 is 30.1 Å². The number of para-hydroxylation sites is 2. The number of carbonyl (C=O) groups is 3. The van der Waals surface area contributed by atoms with Crippen LogP contribution in [0, 0.1) is 0 Å². The summed E-state index contributed by atoms with van der Waals surface area (Å²) < 4.78 is 16.6. The van der Waals surface area contributed by atoms with Crippen molar-refractivity contribution in [3.63, 3.8) is 0 Å². The number of aliphatic hydroxyl groups is 1. The van der Waals surface area contributed by atoms with Crippen LogP contribution in [0.1, 0.15) is 22.0 Å². The van der Waals surface area contributed by atoms with Crippen molar-refractivity contribution in [1.29, 1.82) is 0 Å². The molecule has 3 rings (SSSR count). The molecule has 0 heterocycles. The maximum absolute atomic E-state index is 12.7. The number of nitrogens with one attached hydrogen (secondary N) is 2. The van der Waals surface area contributed by atoms with Crippen molar-refractivity contribution >= 4 is 29.3 Å². The number of carbonyl (C=O) groups excluding carboxylic acids is 3. The molecule has 0 aliphatic rings. The van der Waals surface area contributed by atoms with Crippen LogP contribution < -0.4 is 21.1 Å². The third kappa shape index (κ3) is 8.19. The van der Waals surface area contributed by atoms with Crippen molar-refractivity contribution in [3.05, 3.63) is 102 Å². The van der Waals surface area contributed by atoms with Gasteiger partial charge in [-0.15, -0.1) is 0 Å². The van der Waals surface area contributed by atoms with Crippen molar-refractivity contribution in [2.45, 2.75) is 12.2 Å². The van der Waals surface area contributed by atoms with Crippen molar-refractivity contribution in [2.75, 3.05) is 31.4 Å². The lowest BCUT2D eigenvalue weighted by Gasteiger charge is -2.24. The second-order valence-corrected chi connectivity index (χ2v) is 7.93. The van der Waals surface area contributed by atoms with Gasteiger partial charge in [0.15, 0.2) is 6.10 Å². The molecule has 0 saturated heterocycles. The topological polar surface area (TPSA) is 149 Å². The van der Waals surface area contributed by atoms with Gasteiger partial charge in [0.05, 0.1) is 18.0 Å². The first-order valence-electron chi connectivity index (χ1n) is 11.7. The fourth-order valence-corrected chi connectivity index (χ4v) is 3.44. The lowest BCUT2D eigenvalue weighted by Crippen LogP contribution is -2.34. The summed E-state index contributed by atoms with van der Waals surface area (Å²) in [7, 11) is 1.39. The Kier molecular flexibility index (Phi) is 10.4. The highest BCUT2D eigenvalue weighted by Gasteiger charge is 2.27. The highest BCUT2D eigenvalue weighted by Crippen LogP contribution is 2.28. The minimum absolute atomic E-state index is 0.0669. The number of rotatable bonds is 11. The van der Waals surface area contributed by atoms with Gasteiger partial charge >= 0.3 is 6.09 Å². The number of benzene rings is 3. The van der Waals surface area contributed by atoms with Gasteiger partial charge in [-0.3, -0.25) is 14.9 Å². The fraction of sp³-hybridized carbons (Fsp3) is 0.179. The SMILES string of the molecule is CO[C@@H](/C=C/C(=O)Nc1ccccc1N)[C@@H](OC(=O)NC(=O)c1ccccc1)c1cccc(OCCO)c1. The highest BCUT2D eigenvalue weighted by molar-refractivity contribution is 6.03. The molecule has 0 unspecified atom stereocenters. The molecule has 10 heteroatoms. The standard InChI is InChI=1S/C28H29N3O7/c1-36-24(14-15-25(33)30-23-13-6-5-12-22(23)29)26(20-10-7-11-21(18-20)37-17-16-32)38-28(35)31-27(34)19-8-3-2-4-9-19/h2-15,18,24,26,32H,16-17,29H2,1H3,(H,30,33)(H,31,34,35)/b15-14+/t24-,26-/m0/s1. The molecule has 2 atom stereocenters. The van der Waals surface area contributed by atoms with E-state index in [9.17, 15) is 14.4 Å². The van der Waals surface area contributed by atoms with E-state index in [0.717, 1.165) is 0 Å². The van der Waals surface area contributed by atoms with E-state index in [0.29, 0.717) is 22.7 Å². The van der Waals surface area contributed by atoms with Crippen molar-refractivity contribution < 1.29 is 33.7 Å². The zero-order chi connectivity index (χ0) is 27.3. The van der Waals surface area contributed by atoms with Gasteiger partial charge in [-0.25, -0.2) is 4.79 Å². The average Bonchev–Trinajstić information content (AvgIpc) is 2.93. The summed E-state index contributed by atoms with van der Waals surface area (Å²) in [6.45, 7) is -0.115. The largest absolute Gasteiger partial charge is 0.491 e. The van der Waals surface area contributed by atoms with E-state index in [1.807, 2.05) is 0 Å². The number of alkyl carbamates (subject to hydrolysis) is 1. The molecule has 0 radical (unpaired) electrons. The van der Waals surface area contributed by atoms with Crippen LogP contribution in [0.2, 0.25) is 0 Å². The first kappa shape index (κ1) is 27.9. The first-order valence-corrected chi connectivity index (χ1v) is 11.7. The van der Waals surface area contributed by atoms with Crippen molar-refractivity contribution in [2.24, 2.45) is 0 Å². The molecular formula is C28H29N3O7. The van der Waals surface area contributed by atoms with E-state index in [4.69, 9.17) is 25.1 Å². The summed E-state index contributed by atoms with van der Waals surface area (Å²) in [5, 5.41) is 13.9. The first-order chi connectivity index (χ1) is 18.4. The zero-order valence-corrected chi connectivity index (χ0v) is 20.7. The molecule has 3 aromatic carbocycles. The summed E-state index contributed by atoms with van der Waals surface area (Å²) in [6, 6.07) is 21.6. The Hall–Kier alpha value is -4.67. The molecule has 0 bridgehead atoms. The third-order valence-electron chi connectivity index (χ3n) is 5.26.